The molecule has 2 fully saturated rings. The van der Waals surface area contributed by atoms with Crippen LogP contribution in [0, 0.1) is 0 Å². The van der Waals surface area contributed by atoms with Gasteiger partial charge in [-0.1, -0.05) is 0 Å². The van der Waals surface area contributed by atoms with E-state index in [1.165, 1.54) is 12.8 Å². The van der Waals surface area contributed by atoms with E-state index in [0.29, 0.717) is 0 Å². The molecule has 0 bridgehead atoms. The van der Waals surface area contributed by atoms with Gasteiger partial charge in [0.1, 0.15) is 6.10 Å². The molecule has 2 saturated heterocycles. The summed E-state index contributed by atoms with van der Waals surface area (Å²) in [6, 6.07) is 0.210. The molecule has 2 heterocycles. The molecule has 76 valence electrons. The molecule has 4 nitrogen and oxygen atoms in total. The molecule has 0 amide bonds. The van der Waals surface area contributed by atoms with Crippen molar-refractivity contribution in [3.05, 3.63) is 0 Å². The zero-order valence-corrected chi connectivity index (χ0v) is 8.04. The lowest BCUT2D eigenvalue weighted by Gasteiger charge is -2.32. The Labute approximate surface area is 79.4 Å². The van der Waals surface area contributed by atoms with Crippen LogP contribution in [0.1, 0.15) is 19.3 Å². The first-order valence-corrected chi connectivity index (χ1v) is 5.24. The first kappa shape index (κ1) is 9.40. The Morgan fingerprint density at radius 3 is 2.77 bits per heavy atom. The molecular weight excluding hydrogens is 166 g/mol. The van der Waals surface area contributed by atoms with Gasteiger partial charge in [0, 0.05) is 25.7 Å². The number of hydrogen-bond donors (Lipinski definition) is 2. The number of nitrogens with zero attached hydrogens (tertiary/aromatic N) is 1. The van der Waals surface area contributed by atoms with Crippen LogP contribution in [-0.4, -0.2) is 43.4 Å². The monoisotopic (exact) mass is 185 g/mol. The summed E-state index contributed by atoms with van der Waals surface area (Å²) in [7, 11) is 0. The summed E-state index contributed by atoms with van der Waals surface area (Å²) < 4.78 is 0. The standard InChI is InChI=1S/C9H19N3O/c10-8-3-4-11-7-9(8)13-12-5-1-2-6-12/h8-9,11H,1-7,10H2. The van der Waals surface area contributed by atoms with Gasteiger partial charge >= 0.3 is 0 Å². The van der Waals surface area contributed by atoms with E-state index in [9.17, 15) is 0 Å². The second-order valence-corrected chi connectivity index (χ2v) is 3.94. The van der Waals surface area contributed by atoms with Crippen LogP contribution in [0.15, 0.2) is 0 Å². The highest BCUT2D eigenvalue weighted by Crippen LogP contribution is 2.13. The number of nitrogens with one attached hydrogen (secondary N) is 1. The Morgan fingerprint density at radius 2 is 2.08 bits per heavy atom. The first-order chi connectivity index (χ1) is 6.36. The molecule has 4 heteroatoms. The van der Waals surface area contributed by atoms with Crippen molar-refractivity contribution in [3.8, 4) is 0 Å². The van der Waals surface area contributed by atoms with E-state index in [4.69, 9.17) is 10.6 Å². The molecule has 0 aromatic heterocycles. The van der Waals surface area contributed by atoms with E-state index in [2.05, 4.69) is 10.4 Å². The van der Waals surface area contributed by atoms with Crippen LogP contribution >= 0.6 is 0 Å². The van der Waals surface area contributed by atoms with Gasteiger partial charge in [-0.2, -0.15) is 5.06 Å². The Kier molecular flexibility index (Phi) is 3.16. The summed E-state index contributed by atoms with van der Waals surface area (Å²) in [5.41, 5.74) is 5.97. The third kappa shape index (κ3) is 2.40. The number of piperidine rings is 1. The van der Waals surface area contributed by atoms with Gasteiger partial charge < -0.3 is 11.1 Å². The van der Waals surface area contributed by atoms with Gasteiger partial charge in [0.05, 0.1) is 0 Å². The lowest BCUT2D eigenvalue weighted by atomic mass is 10.1. The Bertz CT molecular complexity index is 159. The van der Waals surface area contributed by atoms with Crippen molar-refractivity contribution < 1.29 is 4.84 Å². The molecule has 2 aliphatic heterocycles. The molecule has 13 heavy (non-hydrogen) atoms. The fourth-order valence-corrected chi connectivity index (χ4v) is 1.95. The predicted octanol–water partition coefficient (Wildman–Crippen LogP) is -0.297. The number of hydrogen-bond acceptors (Lipinski definition) is 4. The molecule has 2 unspecified atom stereocenters. The van der Waals surface area contributed by atoms with Crippen LogP contribution in [0.25, 0.3) is 0 Å². The normalized spacial score (nSPS) is 36.7. The predicted molar refractivity (Wildman–Crippen MR) is 51.1 cm³/mol. The van der Waals surface area contributed by atoms with E-state index in [1.807, 2.05) is 0 Å². The van der Waals surface area contributed by atoms with Crippen molar-refractivity contribution in [1.29, 1.82) is 0 Å². The topological polar surface area (TPSA) is 50.5 Å². The van der Waals surface area contributed by atoms with E-state index in [1.54, 1.807) is 0 Å². The van der Waals surface area contributed by atoms with Gasteiger partial charge in [0.15, 0.2) is 0 Å². The van der Waals surface area contributed by atoms with Crippen molar-refractivity contribution in [1.82, 2.24) is 10.4 Å². The molecule has 0 spiro atoms. The fourth-order valence-electron chi connectivity index (χ4n) is 1.95. The van der Waals surface area contributed by atoms with Crippen LogP contribution in [0.5, 0.6) is 0 Å². The van der Waals surface area contributed by atoms with Crippen molar-refractivity contribution in [3.63, 3.8) is 0 Å². The molecule has 3 N–H and O–H groups in total. The van der Waals surface area contributed by atoms with Crippen LogP contribution in [0.3, 0.4) is 0 Å². The van der Waals surface area contributed by atoms with Crippen molar-refractivity contribution >= 4 is 0 Å². The van der Waals surface area contributed by atoms with Crippen LogP contribution in [0.2, 0.25) is 0 Å². The highest BCUT2D eigenvalue weighted by atomic mass is 16.7. The molecule has 0 aromatic carbocycles. The molecule has 0 saturated carbocycles. The van der Waals surface area contributed by atoms with Gasteiger partial charge in [-0.25, -0.2) is 0 Å². The average molecular weight is 185 g/mol. The fraction of sp³-hybridized carbons (Fsp3) is 1.00. The molecule has 2 aliphatic rings. The van der Waals surface area contributed by atoms with Gasteiger partial charge in [0.25, 0.3) is 0 Å². The summed E-state index contributed by atoms with van der Waals surface area (Å²) >= 11 is 0. The highest BCUT2D eigenvalue weighted by molar-refractivity contribution is 4.81. The molecule has 0 aromatic rings. The quantitative estimate of drug-likeness (QED) is 0.620. The summed E-state index contributed by atoms with van der Waals surface area (Å²) in [5.74, 6) is 0. The van der Waals surface area contributed by atoms with Gasteiger partial charge in [-0.05, 0) is 25.8 Å². The third-order valence-corrected chi connectivity index (χ3v) is 2.83. The largest absolute Gasteiger partial charge is 0.325 e. The molecule has 0 radical (unpaired) electrons. The molecule has 2 atom stereocenters. The summed E-state index contributed by atoms with van der Waals surface area (Å²) in [6.45, 7) is 4.07. The third-order valence-electron chi connectivity index (χ3n) is 2.83. The molecular formula is C9H19N3O. The minimum atomic E-state index is 0.187. The highest BCUT2D eigenvalue weighted by Gasteiger charge is 2.25. The second-order valence-electron chi connectivity index (χ2n) is 3.94. The van der Waals surface area contributed by atoms with Crippen molar-refractivity contribution in [2.75, 3.05) is 26.2 Å². The Morgan fingerprint density at radius 1 is 1.31 bits per heavy atom. The SMILES string of the molecule is NC1CCNCC1ON1CCCC1. The Balaban J connectivity index is 1.78. The average Bonchev–Trinajstić information content (AvgIpc) is 2.61. The number of rotatable bonds is 2. The smallest absolute Gasteiger partial charge is 0.107 e. The zero-order valence-electron chi connectivity index (χ0n) is 8.04. The zero-order chi connectivity index (χ0) is 9.10. The van der Waals surface area contributed by atoms with Gasteiger partial charge in [0.2, 0.25) is 0 Å². The summed E-state index contributed by atoms with van der Waals surface area (Å²) in [6.07, 6.45) is 3.73. The summed E-state index contributed by atoms with van der Waals surface area (Å²) in [5, 5.41) is 5.37. The maximum Gasteiger partial charge on any atom is 0.107 e. The minimum absolute atomic E-state index is 0.187. The maximum atomic E-state index is 5.97. The van der Waals surface area contributed by atoms with E-state index >= 15 is 0 Å². The van der Waals surface area contributed by atoms with Crippen LogP contribution < -0.4 is 11.1 Å². The lowest BCUT2D eigenvalue weighted by Crippen LogP contribution is -2.52. The minimum Gasteiger partial charge on any atom is -0.325 e. The maximum absolute atomic E-state index is 5.97. The number of hydroxylamine groups is 2. The van der Waals surface area contributed by atoms with Gasteiger partial charge in [-0.3, -0.25) is 4.84 Å². The molecule has 0 aliphatic carbocycles. The van der Waals surface area contributed by atoms with E-state index in [-0.39, 0.29) is 12.1 Å². The van der Waals surface area contributed by atoms with Gasteiger partial charge in [-0.15, -0.1) is 0 Å². The number of nitrogens with two attached hydrogens (primary N) is 1. The van der Waals surface area contributed by atoms with Crippen molar-refractivity contribution in [2.24, 2.45) is 5.73 Å². The Hall–Kier alpha value is -0.160. The van der Waals surface area contributed by atoms with E-state index in [0.717, 1.165) is 32.6 Å². The summed E-state index contributed by atoms with van der Waals surface area (Å²) in [4.78, 5) is 5.81. The second kappa shape index (κ2) is 4.37. The lowest BCUT2D eigenvalue weighted by molar-refractivity contribution is -0.192. The molecule has 2 rings (SSSR count). The van der Waals surface area contributed by atoms with E-state index < -0.39 is 0 Å². The van der Waals surface area contributed by atoms with Crippen LogP contribution in [0.4, 0.5) is 0 Å². The van der Waals surface area contributed by atoms with Crippen molar-refractivity contribution in [2.45, 2.75) is 31.4 Å². The first-order valence-electron chi connectivity index (χ1n) is 5.24. The van der Waals surface area contributed by atoms with Crippen LogP contribution in [-0.2, 0) is 4.84 Å².